The Morgan fingerprint density at radius 1 is 1.22 bits per heavy atom. The van der Waals surface area contributed by atoms with Gasteiger partial charge in [-0.3, -0.25) is 9.69 Å². The van der Waals surface area contributed by atoms with Gasteiger partial charge >= 0.3 is 0 Å². The summed E-state index contributed by atoms with van der Waals surface area (Å²) >= 11 is 1.45. The molecule has 0 saturated carbocycles. The molecule has 3 heterocycles. The molecule has 3 aliphatic rings. The molecule has 6 atom stereocenters. The maximum atomic E-state index is 12.1. The van der Waals surface area contributed by atoms with Gasteiger partial charge in [0.15, 0.2) is 5.12 Å². The van der Waals surface area contributed by atoms with Gasteiger partial charge in [0.2, 0.25) is 0 Å². The van der Waals surface area contributed by atoms with Crippen molar-refractivity contribution in [2.75, 3.05) is 6.54 Å². The first kappa shape index (κ1) is 12.9. The Labute approximate surface area is 114 Å². The van der Waals surface area contributed by atoms with Crippen LogP contribution in [0, 0.1) is 11.8 Å². The van der Waals surface area contributed by atoms with E-state index in [1.165, 1.54) is 24.6 Å². The molecule has 0 spiro atoms. The highest BCUT2D eigenvalue weighted by Crippen LogP contribution is 2.46. The molecule has 0 radical (unpaired) electrons. The Hall–Kier alpha value is -0.0600. The van der Waals surface area contributed by atoms with E-state index in [1.54, 1.807) is 0 Å². The van der Waals surface area contributed by atoms with Gasteiger partial charge in [-0.15, -0.1) is 0 Å². The first-order chi connectivity index (χ1) is 8.58. The molecule has 3 nitrogen and oxygen atoms in total. The number of carbonyl (C=O) groups excluding carboxylic acids is 1. The van der Waals surface area contributed by atoms with Gasteiger partial charge in [0.1, 0.15) is 5.44 Å². The van der Waals surface area contributed by atoms with E-state index < -0.39 is 0 Å². The average molecular weight is 269 g/mol. The zero-order chi connectivity index (χ0) is 12.9. The van der Waals surface area contributed by atoms with E-state index in [-0.39, 0.29) is 17.5 Å². The first-order valence-electron chi connectivity index (χ1n) is 7.19. The van der Waals surface area contributed by atoms with E-state index in [1.807, 2.05) is 0 Å². The molecule has 0 aromatic rings. The van der Waals surface area contributed by atoms with Crippen LogP contribution < -0.4 is 0 Å². The molecule has 3 rings (SSSR count). The van der Waals surface area contributed by atoms with E-state index in [0.29, 0.717) is 23.1 Å². The highest BCUT2D eigenvalue weighted by Gasteiger charge is 2.50. The number of nitrogens with zero attached hydrogens (tertiary/aromatic N) is 1. The maximum Gasteiger partial charge on any atom is 0.194 e. The quantitative estimate of drug-likeness (QED) is 0.676. The van der Waals surface area contributed by atoms with Gasteiger partial charge in [0.05, 0.1) is 6.10 Å². The molecule has 5 unspecified atom stereocenters. The van der Waals surface area contributed by atoms with Gasteiger partial charge in [-0.05, 0) is 39.0 Å². The Balaban J connectivity index is 1.92. The van der Waals surface area contributed by atoms with Crippen molar-refractivity contribution < 1.29 is 9.53 Å². The average Bonchev–Trinajstić information content (AvgIpc) is 2.49. The highest BCUT2D eigenvalue weighted by molar-refractivity contribution is 8.14. The second kappa shape index (κ2) is 4.80. The van der Waals surface area contributed by atoms with Crippen molar-refractivity contribution in [3.8, 4) is 0 Å². The summed E-state index contributed by atoms with van der Waals surface area (Å²) in [7, 11) is 0. The largest absolute Gasteiger partial charge is 0.362 e. The summed E-state index contributed by atoms with van der Waals surface area (Å²) in [4.78, 5) is 14.7. The fourth-order valence-electron chi connectivity index (χ4n) is 3.79. The summed E-state index contributed by atoms with van der Waals surface area (Å²) in [6.07, 6.45) is 3.78. The van der Waals surface area contributed by atoms with E-state index in [0.717, 1.165) is 13.0 Å². The first-order valence-corrected chi connectivity index (χ1v) is 8.07. The summed E-state index contributed by atoms with van der Waals surface area (Å²) in [5, 5.41) is 0.338. The third-order valence-electron chi connectivity index (χ3n) is 4.99. The minimum absolute atomic E-state index is 0.0685. The van der Waals surface area contributed by atoms with Gasteiger partial charge in [0.25, 0.3) is 0 Å². The standard InChI is InChI=1S/C14H23NO2S/c1-8-4-5-11-10(3)13(16)18-14-12(11)15(8)7-6-9(2)17-14/h8-12,14H,4-7H2,1-3H3/t8-,9?,10?,11?,12?,14?/m1/s1. The van der Waals surface area contributed by atoms with Crippen LogP contribution in [0.3, 0.4) is 0 Å². The summed E-state index contributed by atoms with van der Waals surface area (Å²) in [6, 6.07) is 1.10. The predicted molar refractivity (Wildman–Crippen MR) is 73.4 cm³/mol. The topological polar surface area (TPSA) is 29.5 Å². The number of rotatable bonds is 0. The monoisotopic (exact) mass is 269 g/mol. The van der Waals surface area contributed by atoms with Crippen LogP contribution in [0.15, 0.2) is 0 Å². The van der Waals surface area contributed by atoms with Crippen molar-refractivity contribution in [3.05, 3.63) is 0 Å². The molecule has 0 amide bonds. The molecule has 0 aliphatic carbocycles. The van der Waals surface area contributed by atoms with Crippen molar-refractivity contribution in [1.29, 1.82) is 0 Å². The van der Waals surface area contributed by atoms with Crippen LogP contribution in [0.2, 0.25) is 0 Å². The molecular formula is C14H23NO2S. The normalized spacial score (nSPS) is 49.6. The van der Waals surface area contributed by atoms with Gasteiger partial charge in [-0.25, -0.2) is 0 Å². The Morgan fingerprint density at radius 2 is 2.00 bits per heavy atom. The molecule has 3 saturated heterocycles. The minimum Gasteiger partial charge on any atom is -0.362 e. The Bertz CT molecular complexity index is 349. The molecule has 3 aliphatic heterocycles. The van der Waals surface area contributed by atoms with E-state index in [9.17, 15) is 4.79 Å². The van der Waals surface area contributed by atoms with E-state index in [4.69, 9.17) is 4.74 Å². The molecule has 0 aromatic heterocycles. The van der Waals surface area contributed by atoms with E-state index in [2.05, 4.69) is 25.7 Å². The van der Waals surface area contributed by atoms with Crippen molar-refractivity contribution in [2.45, 2.75) is 63.7 Å². The lowest BCUT2D eigenvalue weighted by atomic mass is 9.78. The van der Waals surface area contributed by atoms with Crippen LogP contribution in [0.1, 0.15) is 40.0 Å². The predicted octanol–water partition coefficient (Wildman–Crippen LogP) is 2.50. The van der Waals surface area contributed by atoms with Crippen LogP contribution in [0.4, 0.5) is 0 Å². The summed E-state index contributed by atoms with van der Waals surface area (Å²) in [5.41, 5.74) is 0.0685. The number of carbonyl (C=O) groups is 1. The van der Waals surface area contributed by atoms with Gasteiger partial charge in [0, 0.05) is 24.5 Å². The Morgan fingerprint density at radius 3 is 2.78 bits per heavy atom. The van der Waals surface area contributed by atoms with Crippen molar-refractivity contribution in [1.82, 2.24) is 4.90 Å². The van der Waals surface area contributed by atoms with Crippen molar-refractivity contribution in [2.24, 2.45) is 11.8 Å². The zero-order valence-corrected chi connectivity index (χ0v) is 12.3. The number of hydrogen-bond acceptors (Lipinski definition) is 4. The van der Waals surface area contributed by atoms with Gasteiger partial charge in [-0.1, -0.05) is 18.7 Å². The molecule has 0 aromatic carbocycles. The summed E-state index contributed by atoms with van der Waals surface area (Å²) in [6.45, 7) is 7.70. The third kappa shape index (κ3) is 2.02. The molecule has 0 N–H and O–H groups in total. The van der Waals surface area contributed by atoms with Gasteiger partial charge in [-0.2, -0.15) is 0 Å². The van der Waals surface area contributed by atoms with Crippen LogP contribution >= 0.6 is 11.8 Å². The SMILES string of the molecule is CC1CCN2C3C(O1)SC(=O)C(C)C3CC[C@H]2C. The number of thioether (sulfide) groups is 1. The summed E-state index contributed by atoms with van der Waals surface area (Å²) in [5.74, 6) is 0.702. The lowest BCUT2D eigenvalue weighted by molar-refractivity contribution is -0.121. The summed E-state index contributed by atoms with van der Waals surface area (Å²) < 4.78 is 6.12. The maximum absolute atomic E-state index is 12.1. The Kier molecular flexibility index (Phi) is 3.45. The molecular weight excluding hydrogens is 246 g/mol. The lowest BCUT2D eigenvalue weighted by Gasteiger charge is -2.50. The number of ether oxygens (including phenoxy) is 1. The fraction of sp³-hybridized carbons (Fsp3) is 0.929. The highest BCUT2D eigenvalue weighted by atomic mass is 32.2. The van der Waals surface area contributed by atoms with Crippen LogP contribution in [-0.2, 0) is 9.53 Å². The smallest absolute Gasteiger partial charge is 0.194 e. The molecule has 102 valence electrons. The zero-order valence-electron chi connectivity index (χ0n) is 11.5. The molecule has 0 bridgehead atoms. The van der Waals surface area contributed by atoms with Crippen LogP contribution in [-0.4, -0.2) is 40.2 Å². The second-order valence-corrected chi connectivity index (χ2v) is 7.25. The lowest BCUT2D eigenvalue weighted by Crippen LogP contribution is -2.58. The van der Waals surface area contributed by atoms with Crippen LogP contribution in [0.5, 0.6) is 0 Å². The molecule has 18 heavy (non-hydrogen) atoms. The molecule has 4 heteroatoms. The minimum atomic E-state index is 0.0685. The van der Waals surface area contributed by atoms with Crippen molar-refractivity contribution >= 4 is 16.9 Å². The second-order valence-electron chi connectivity index (χ2n) is 6.15. The van der Waals surface area contributed by atoms with E-state index >= 15 is 0 Å². The fourth-order valence-corrected chi connectivity index (χ4v) is 5.15. The third-order valence-corrected chi connectivity index (χ3v) is 6.22. The molecule has 3 fully saturated rings. The number of piperidine rings is 1. The van der Waals surface area contributed by atoms with Gasteiger partial charge < -0.3 is 4.74 Å². The van der Waals surface area contributed by atoms with Crippen molar-refractivity contribution in [3.63, 3.8) is 0 Å². The number of hydrogen-bond donors (Lipinski definition) is 0. The van der Waals surface area contributed by atoms with Crippen LogP contribution in [0.25, 0.3) is 0 Å².